The van der Waals surface area contributed by atoms with Crippen LogP contribution in [0.1, 0.15) is 17.5 Å². The first kappa shape index (κ1) is 27.2. The molecule has 0 aliphatic heterocycles. The van der Waals surface area contributed by atoms with Gasteiger partial charge in [0.2, 0.25) is 5.78 Å². The van der Waals surface area contributed by atoms with E-state index in [1.165, 1.54) is 16.2 Å². The Morgan fingerprint density at radius 3 is 2.36 bits per heavy atom. The summed E-state index contributed by atoms with van der Waals surface area (Å²) in [4.78, 5) is 43.3. The van der Waals surface area contributed by atoms with Crippen LogP contribution in [0, 0.1) is 11.8 Å². The monoisotopic (exact) mass is 573 g/mol. The zero-order valence-corrected chi connectivity index (χ0v) is 23.2. The maximum absolute atomic E-state index is 14.0. The number of nitrogens with two attached hydrogens (primary N) is 1. The molecule has 39 heavy (non-hydrogen) atoms. The molecule has 1 heterocycles. The number of amides is 1. The molecule has 6 N–H and O–H groups in total. The van der Waals surface area contributed by atoms with Crippen LogP contribution in [0.5, 0.6) is 5.75 Å². The number of aliphatic hydroxyl groups is 3. The molecule has 5 rings (SSSR count). The van der Waals surface area contributed by atoms with Gasteiger partial charge in [0.15, 0.2) is 11.4 Å². The maximum atomic E-state index is 14.0. The molecule has 10 nitrogen and oxygen atoms in total. The number of fused-ring (bicyclic) bond motifs is 3. The predicted octanol–water partition coefficient (Wildman–Crippen LogP) is 2.41. The highest BCUT2D eigenvalue weighted by Gasteiger charge is 2.64. The van der Waals surface area contributed by atoms with Crippen molar-refractivity contribution in [2.45, 2.75) is 24.5 Å². The number of hydrogen-bond acceptors (Lipinski definition) is 10. The van der Waals surface area contributed by atoms with Crippen LogP contribution < -0.4 is 10.6 Å². The quantitative estimate of drug-likeness (QED) is 0.345. The molecule has 0 unspecified atom stereocenters. The van der Waals surface area contributed by atoms with Crippen molar-refractivity contribution >= 4 is 51.9 Å². The van der Waals surface area contributed by atoms with Crippen molar-refractivity contribution in [3.8, 4) is 16.2 Å². The number of phenolic OH excluding ortho intramolecular Hbond substituents is 1. The third-order valence-corrected chi connectivity index (χ3v) is 9.28. The van der Waals surface area contributed by atoms with Crippen molar-refractivity contribution in [1.29, 1.82) is 0 Å². The van der Waals surface area contributed by atoms with E-state index in [4.69, 9.17) is 17.3 Å². The third kappa shape index (κ3) is 3.71. The first-order chi connectivity index (χ1) is 18.2. The third-order valence-electron chi connectivity index (χ3n) is 8.02. The summed E-state index contributed by atoms with van der Waals surface area (Å²) in [6.45, 7) is 0. The highest BCUT2D eigenvalue weighted by atomic mass is 35.5. The van der Waals surface area contributed by atoms with Gasteiger partial charge in [0.05, 0.1) is 15.9 Å². The number of hydrogen-bond donors (Lipinski definition) is 5. The molecular weight excluding hydrogens is 546 g/mol. The van der Waals surface area contributed by atoms with E-state index in [0.717, 1.165) is 0 Å². The normalized spacial score (nSPS) is 26.5. The zero-order chi connectivity index (χ0) is 28.7. The van der Waals surface area contributed by atoms with Gasteiger partial charge in [-0.1, -0.05) is 11.6 Å². The number of phenols is 1. The van der Waals surface area contributed by atoms with Crippen molar-refractivity contribution in [2.24, 2.45) is 17.6 Å². The Labute approximate surface area is 233 Å². The van der Waals surface area contributed by atoms with E-state index in [2.05, 4.69) is 0 Å². The maximum Gasteiger partial charge on any atom is 0.255 e. The molecule has 2 aromatic rings. The smallest absolute Gasteiger partial charge is 0.255 e. The Morgan fingerprint density at radius 1 is 1.15 bits per heavy atom. The van der Waals surface area contributed by atoms with Crippen molar-refractivity contribution < 1.29 is 34.8 Å². The fourth-order valence-corrected chi connectivity index (χ4v) is 7.40. The van der Waals surface area contributed by atoms with Crippen LogP contribution in [0.3, 0.4) is 0 Å². The number of halogens is 1. The second kappa shape index (κ2) is 9.09. The van der Waals surface area contributed by atoms with Crippen LogP contribution in [0.15, 0.2) is 35.1 Å². The van der Waals surface area contributed by atoms with Gasteiger partial charge in [0, 0.05) is 41.7 Å². The molecule has 1 amide bonds. The lowest BCUT2D eigenvalue weighted by Crippen LogP contribution is -2.65. The summed E-state index contributed by atoms with van der Waals surface area (Å²) < 4.78 is 0.502. The molecule has 1 aromatic heterocycles. The minimum atomic E-state index is -2.68. The molecule has 1 fully saturated rings. The summed E-state index contributed by atoms with van der Waals surface area (Å²) in [5.74, 6) is -6.78. The highest BCUT2D eigenvalue weighted by Crippen LogP contribution is 2.55. The molecule has 1 aromatic carbocycles. The number of benzene rings is 1. The molecule has 0 radical (unpaired) electrons. The number of anilines is 1. The molecule has 0 bridgehead atoms. The molecule has 0 saturated heterocycles. The van der Waals surface area contributed by atoms with E-state index in [-0.39, 0.29) is 29.7 Å². The summed E-state index contributed by atoms with van der Waals surface area (Å²) in [6.07, 6.45) is 0.239. The van der Waals surface area contributed by atoms with Crippen LogP contribution in [0.2, 0.25) is 4.34 Å². The second-order valence-corrected chi connectivity index (χ2v) is 12.3. The summed E-state index contributed by atoms with van der Waals surface area (Å²) in [7, 11) is 6.76. The number of Topliss-reactive ketones (excluding diaryl/α,β-unsaturated/α-hetero) is 2. The van der Waals surface area contributed by atoms with E-state index in [9.17, 15) is 34.8 Å². The zero-order valence-electron chi connectivity index (χ0n) is 21.6. The topological polar surface area (TPSA) is 165 Å². The van der Waals surface area contributed by atoms with Gasteiger partial charge in [-0.15, -0.1) is 11.3 Å². The van der Waals surface area contributed by atoms with Crippen molar-refractivity contribution in [1.82, 2.24) is 4.90 Å². The molecule has 1 saturated carbocycles. The average Bonchev–Trinajstić information content (AvgIpc) is 3.26. The Kier molecular flexibility index (Phi) is 6.34. The fourth-order valence-electron chi connectivity index (χ4n) is 6.34. The second-order valence-electron chi connectivity index (χ2n) is 10.6. The standard InChI is InChI=1S/C27H28ClN3O7S/c1-30(2)14-9-12(15-5-6-16(28)39-15)21(32)18-11(14)7-10-8-13-20(31(3)4)23(34)19(26(29)37)25(36)27(13,38)24(35)17(10)22(18)33/h5-6,9-10,13,20,32-33,36,38H,7-8H2,1-4H3,(H2,29,37)/t10-,13+,20-,27-/m0/s1. The number of rotatable bonds is 4. The van der Waals surface area contributed by atoms with Crippen LogP contribution >= 0.6 is 22.9 Å². The average molecular weight is 574 g/mol. The van der Waals surface area contributed by atoms with Gasteiger partial charge < -0.3 is 31.1 Å². The van der Waals surface area contributed by atoms with Gasteiger partial charge in [-0.25, -0.2) is 0 Å². The van der Waals surface area contributed by atoms with Gasteiger partial charge in [-0.3, -0.25) is 19.3 Å². The molecule has 12 heteroatoms. The molecule has 206 valence electrons. The predicted molar refractivity (Wildman–Crippen MR) is 147 cm³/mol. The van der Waals surface area contributed by atoms with Gasteiger partial charge in [0.1, 0.15) is 22.8 Å². The van der Waals surface area contributed by atoms with Crippen molar-refractivity contribution in [3.63, 3.8) is 0 Å². The van der Waals surface area contributed by atoms with Gasteiger partial charge in [-0.05, 0) is 56.6 Å². The number of ketones is 2. The van der Waals surface area contributed by atoms with E-state index in [1.54, 1.807) is 32.3 Å². The Morgan fingerprint density at radius 2 is 1.82 bits per heavy atom. The van der Waals surface area contributed by atoms with Crippen LogP contribution in [-0.2, 0) is 20.8 Å². The fraction of sp³-hybridized carbons (Fsp3) is 0.370. The lowest BCUT2D eigenvalue weighted by atomic mass is 9.57. The summed E-state index contributed by atoms with van der Waals surface area (Å²) in [5.41, 5.74) is 3.39. The summed E-state index contributed by atoms with van der Waals surface area (Å²) >= 11 is 7.36. The van der Waals surface area contributed by atoms with Gasteiger partial charge in [-0.2, -0.15) is 0 Å². The number of nitrogens with zero attached hydrogens (tertiary/aromatic N) is 2. The molecule has 4 atom stereocenters. The number of primary amides is 1. The Hall–Kier alpha value is -3.38. The minimum absolute atomic E-state index is 0.0294. The lowest BCUT2D eigenvalue weighted by molar-refractivity contribution is -0.153. The van der Waals surface area contributed by atoms with E-state index in [1.807, 2.05) is 19.0 Å². The number of carbonyl (C=O) groups is 3. The number of thiophene rings is 1. The first-order valence-corrected chi connectivity index (χ1v) is 13.4. The molecule has 3 aliphatic rings. The summed E-state index contributed by atoms with van der Waals surface area (Å²) in [5, 5.41) is 45.7. The van der Waals surface area contributed by atoms with Crippen LogP contribution in [0.25, 0.3) is 16.2 Å². The SMILES string of the molecule is CN(C)c1cc(-c2ccc(Cl)s2)c(O)c2c1C[C@H]1C[C@@H]3[C@H](N(C)C)C(=O)C(C(N)=O)=C(O)[C@@]3(O)C(=O)C1=C2O. The first-order valence-electron chi connectivity index (χ1n) is 12.2. The molecule has 0 spiro atoms. The molecular formula is C27H28ClN3O7S. The number of carbonyl (C=O) groups excluding carboxylic acids is 3. The van der Waals surface area contributed by atoms with Crippen molar-refractivity contribution in [3.05, 3.63) is 50.6 Å². The number of likely N-dealkylation sites (N-methyl/N-ethyl adjacent to an activating group) is 1. The van der Waals surface area contributed by atoms with Gasteiger partial charge in [0.25, 0.3) is 5.91 Å². The van der Waals surface area contributed by atoms with E-state index < -0.39 is 58.0 Å². The van der Waals surface area contributed by atoms with E-state index >= 15 is 0 Å². The Bertz CT molecular complexity index is 1530. The number of aromatic hydroxyl groups is 1. The van der Waals surface area contributed by atoms with Crippen LogP contribution in [0.4, 0.5) is 5.69 Å². The molecule has 3 aliphatic carbocycles. The lowest BCUT2D eigenvalue weighted by Gasteiger charge is -2.50. The van der Waals surface area contributed by atoms with Crippen LogP contribution in [-0.4, -0.2) is 82.6 Å². The number of aliphatic hydroxyl groups excluding tert-OH is 2. The highest BCUT2D eigenvalue weighted by molar-refractivity contribution is 7.19. The van der Waals surface area contributed by atoms with Crippen molar-refractivity contribution in [2.75, 3.05) is 33.1 Å². The summed E-state index contributed by atoms with van der Waals surface area (Å²) in [6, 6.07) is 4.07. The van der Waals surface area contributed by atoms with Gasteiger partial charge >= 0.3 is 0 Å². The Balaban J connectivity index is 1.78. The minimum Gasteiger partial charge on any atom is -0.508 e. The largest absolute Gasteiger partial charge is 0.508 e. The van der Waals surface area contributed by atoms with E-state index in [0.29, 0.717) is 26.0 Å².